The quantitative estimate of drug-likeness (QED) is 0.547. The summed E-state index contributed by atoms with van der Waals surface area (Å²) in [5.74, 6) is 0. The highest BCUT2D eigenvalue weighted by atomic mass is 15.1. The van der Waals surface area contributed by atoms with Crippen LogP contribution in [0.4, 0.5) is 0 Å². The van der Waals surface area contributed by atoms with Crippen LogP contribution in [-0.2, 0) is 0 Å². The minimum absolute atomic E-state index is 1.23. The fourth-order valence-electron chi connectivity index (χ4n) is 1.18. The third-order valence-corrected chi connectivity index (χ3v) is 1.70. The van der Waals surface area contributed by atoms with E-state index in [1.807, 2.05) is 0 Å². The molecule has 0 rings (SSSR count). The standard InChI is InChI=1S/C10H22N/c1-4-7-10-11(8-5-2)9-6-3/h10H,4-9H2,1-3H3. The SMILES string of the molecule is CCC[CH]N(CCC)CCC. The van der Waals surface area contributed by atoms with E-state index < -0.39 is 0 Å². The molecule has 0 aliphatic heterocycles. The second-order valence-electron chi connectivity index (χ2n) is 3.01. The Labute approximate surface area is 71.8 Å². The molecule has 0 bridgehead atoms. The van der Waals surface area contributed by atoms with E-state index in [4.69, 9.17) is 0 Å². The summed E-state index contributed by atoms with van der Waals surface area (Å²) in [5, 5.41) is 0. The minimum Gasteiger partial charge on any atom is -0.299 e. The summed E-state index contributed by atoms with van der Waals surface area (Å²) < 4.78 is 0. The molecule has 0 aromatic carbocycles. The number of hydrogen-bond acceptors (Lipinski definition) is 1. The fraction of sp³-hybridized carbons (Fsp3) is 0.900. The van der Waals surface area contributed by atoms with Gasteiger partial charge in [-0.2, -0.15) is 0 Å². The average Bonchev–Trinajstić information content (AvgIpc) is 2.01. The largest absolute Gasteiger partial charge is 0.299 e. The molecule has 11 heavy (non-hydrogen) atoms. The van der Waals surface area contributed by atoms with Gasteiger partial charge in [-0.3, -0.25) is 4.90 Å². The first-order valence-corrected chi connectivity index (χ1v) is 4.92. The summed E-state index contributed by atoms with van der Waals surface area (Å²) in [4.78, 5) is 2.45. The van der Waals surface area contributed by atoms with Crippen LogP contribution in [0.5, 0.6) is 0 Å². The topological polar surface area (TPSA) is 3.24 Å². The number of hydrogen-bond donors (Lipinski definition) is 0. The maximum Gasteiger partial charge on any atom is 0.0251 e. The second-order valence-corrected chi connectivity index (χ2v) is 3.01. The molecule has 1 heteroatoms. The monoisotopic (exact) mass is 156 g/mol. The highest BCUT2D eigenvalue weighted by Crippen LogP contribution is 2.02. The Morgan fingerprint density at radius 1 is 0.909 bits per heavy atom. The molecule has 0 saturated heterocycles. The van der Waals surface area contributed by atoms with Gasteiger partial charge in [0.2, 0.25) is 0 Å². The summed E-state index contributed by atoms with van der Waals surface area (Å²) in [5.41, 5.74) is 0. The molecule has 1 nitrogen and oxygen atoms in total. The van der Waals surface area contributed by atoms with Crippen molar-refractivity contribution < 1.29 is 0 Å². The Morgan fingerprint density at radius 3 is 1.82 bits per heavy atom. The van der Waals surface area contributed by atoms with Crippen LogP contribution in [0.25, 0.3) is 0 Å². The van der Waals surface area contributed by atoms with Crippen molar-refractivity contribution in [3.05, 3.63) is 6.54 Å². The van der Waals surface area contributed by atoms with Crippen molar-refractivity contribution >= 4 is 0 Å². The lowest BCUT2D eigenvalue weighted by atomic mass is 10.3. The Hall–Kier alpha value is -0.0400. The zero-order valence-corrected chi connectivity index (χ0v) is 8.27. The van der Waals surface area contributed by atoms with Gasteiger partial charge in [-0.15, -0.1) is 0 Å². The van der Waals surface area contributed by atoms with E-state index in [1.165, 1.54) is 38.8 Å². The van der Waals surface area contributed by atoms with Gasteiger partial charge in [0.1, 0.15) is 0 Å². The van der Waals surface area contributed by atoms with Crippen molar-refractivity contribution in [2.24, 2.45) is 0 Å². The summed E-state index contributed by atoms with van der Waals surface area (Å²) in [6.07, 6.45) is 5.03. The van der Waals surface area contributed by atoms with Gasteiger partial charge in [-0.05, 0) is 32.4 Å². The Kier molecular flexibility index (Phi) is 8.03. The van der Waals surface area contributed by atoms with E-state index in [9.17, 15) is 0 Å². The molecule has 0 aliphatic carbocycles. The molecule has 0 aliphatic rings. The lowest BCUT2D eigenvalue weighted by Gasteiger charge is -2.19. The molecule has 0 amide bonds. The summed E-state index contributed by atoms with van der Waals surface area (Å²) in [7, 11) is 0. The Bertz CT molecular complexity index is 65.3. The lowest BCUT2D eigenvalue weighted by Crippen LogP contribution is -2.22. The number of rotatable bonds is 7. The molecular weight excluding hydrogens is 134 g/mol. The maximum absolute atomic E-state index is 2.45. The Morgan fingerprint density at radius 2 is 1.45 bits per heavy atom. The maximum atomic E-state index is 2.45. The van der Waals surface area contributed by atoms with Crippen LogP contribution < -0.4 is 0 Å². The fourth-order valence-corrected chi connectivity index (χ4v) is 1.18. The van der Waals surface area contributed by atoms with Gasteiger partial charge in [-0.25, -0.2) is 0 Å². The van der Waals surface area contributed by atoms with Gasteiger partial charge in [-0.1, -0.05) is 27.2 Å². The number of unbranched alkanes of at least 4 members (excludes halogenated alkanes) is 1. The first kappa shape index (κ1) is 11.0. The molecule has 0 aromatic rings. The number of nitrogens with zero attached hydrogens (tertiary/aromatic N) is 1. The Balaban J connectivity index is 3.34. The molecule has 0 spiro atoms. The highest BCUT2D eigenvalue weighted by Gasteiger charge is 2.00. The van der Waals surface area contributed by atoms with Crippen LogP contribution in [0.1, 0.15) is 46.5 Å². The molecule has 0 aromatic heterocycles. The van der Waals surface area contributed by atoms with E-state index in [-0.39, 0.29) is 0 Å². The minimum atomic E-state index is 1.23. The molecular formula is C10H22N. The molecule has 0 unspecified atom stereocenters. The van der Waals surface area contributed by atoms with Crippen LogP contribution in [0.3, 0.4) is 0 Å². The first-order chi connectivity index (χ1) is 5.35. The van der Waals surface area contributed by atoms with Crippen molar-refractivity contribution in [1.29, 1.82) is 0 Å². The van der Waals surface area contributed by atoms with E-state index in [0.29, 0.717) is 0 Å². The predicted molar refractivity (Wildman–Crippen MR) is 51.4 cm³/mol. The van der Waals surface area contributed by atoms with Crippen molar-refractivity contribution in [2.45, 2.75) is 46.5 Å². The molecule has 1 radical (unpaired) electrons. The van der Waals surface area contributed by atoms with Crippen LogP contribution in [0, 0.1) is 6.54 Å². The van der Waals surface area contributed by atoms with Crippen molar-refractivity contribution in [2.75, 3.05) is 13.1 Å². The van der Waals surface area contributed by atoms with Crippen molar-refractivity contribution in [1.82, 2.24) is 4.90 Å². The lowest BCUT2D eigenvalue weighted by molar-refractivity contribution is 0.323. The van der Waals surface area contributed by atoms with Gasteiger partial charge in [0.05, 0.1) is 0 Å². The van der Waals surface area contributed by atoms with E-state index >= 15 is 0 Å². The second kappa shape index (κ2) is 8.06. The van der Waals surface area contributed by atoms with Crippen LogP contribution in [0.15, 0.2) is 0 Å². The molecule has 0 atom stereocenters. The van der Waals surface area contributed by atoms with Crippen LogP contribution in [0.2, 0.25) is 0 Å². The summed E-state index contributed by atoms with van der Waals surface area (Å²) >= 11 is 0. The van der Waals surface area contributed by atoms with Gasteiger partial charge in [0.15, 0.2) is 0 Å². The molecule has 0 heterocycles. The van der Waals surface area contributed by atoms with Crippen molar-refractivity contribution in [3.63, 3.8) is 0 Å². The van der Waals surface area contributed by atoms with Gasteiger partial charge >= 0.3 is 0 Å². The molecule has 67 valence electrons. The van der Waals surface area contributed by atoms with Crippen LogP contribution in [-0.4, -0.2) is 18.0 Å². The molecule has 0 fully saturated rings. The normalized spacial score (nSPS) is 10.9. The predicted octanol–water partition coefficient (Wildman–Crippen LogP) is 3.07. The third-order valence-electron chi connectivity index (χ3n) is 1.70. The molecule has 0 N–H and O–H groups in total. The van der Waals surface area contributed by atoms with Gasteiger partial charge in [0, 0.05) is 6.54 Å². The average molecular weight is 156 g/mol. The zero-order valence-electron chi connectivity index (χ0n) is 8.27. The zero-order chi connectivity index (χ0) is 8.53. The van der Waals surface area contributed by atoms with Gasteiger partial charge in [0.25, 0.3) is 0 Å². The van der Waals surface area contributed by atoms with Crippen molar-refractivity contribution in [3.8, 4) is 0 Å². The molecule has 0 saturated carbocycles. The highest BCUT2D eigenvalue weighted by molar-refractivity contribution is 4.66. The summed E-state index contributed by atoms with van der Waals surface area (Å²) in [6, 6.07) is 0. The third kappa shape index (κ3) is 6.36. The van der Waals surface area contributed by atoms with E-state index in [0.717, 1.165) is 0 Å². The van der Waals surface area contributed by atoms with E-state index in [1.54, 1.807) is 0 Å². The van der Waals surface area contributed by atoms with Gasteiger partial charge < -0.3 is 0 Å². The van der Waals surface area contributed by atoms with Crippen LogP contribution >= 0.6 is 0 Å². The van der Waals surface area contributed by atoms with E-state index in [2.05, 4.69) is 32.2 Å². The first-order valence-electron chi connectivity index (χ1n) is 4.92. The smallest absolute Gasteiger partial charge is 0.0251 e. The summed E-state index contributed by atoms with van der Waals surface area (Å²) in [6.45, 7) is 11.5.